The molecule has 4 nitrogen and oxygen atoms in total. The summed E-state index contributed by atoms with van der Waals surface area (Å²) in [6, 6.07) is 0. The van der Waals surface area contributed by atoms with Crippen LogP contribution >= 0.6 is 0 Å². The van der Waals surface area contributed by atoms with E-state index in [9.17, 15) is 9.59 Å². The van der Waals surface area contributed by atoms with Gasteiger partial charge in [0.1, 0.15) is 6.10 Å². The van der Waals surface area contributed by atoms with Crippen molar-refractivity contribution in [3.8, 4) is 0 Å². The highest BCUT2D eigenvalue weighted by Crippen LogP contribution is 2.16. The summed E-state index contributed by atoms with van der Waals surface area (Å²) >= 11 is 0. The van der Waals surface area contributed by atoms with Gasteiger partial charge in [-0.25, -0.2) is 0 Å². The van der Waals surface area contributed by atoms with Gasteiger partial charge in [-0.2, -0.15) is 0 Å². The third-order valence-corrected chi connectivity index (χ3v) is 7.97. The fourth-order valence-corrected chi connectivity index (χ4v) is 5.33. The average Bonchev–Trinajstić information content (AvgIpc) is 2.93. The van der Waals surface area contributed by atoms with Gasteiger partial charge in [-0.1, -0.05) is 155 Å². The van der Waals surface area contributed by atoms with E-state index in [1.807, 2.05) is 0 Å². The largest absolute Gasteiger partial charge is 0.481 e. The molecule has 0 bridgehead atoms. The van der Waals surface area contributed by atoms with Crippen LogP contribution in [0.15, 0.2) is 12.2 Å². The first-order valence-corrected chi connectivity index (χ1v) is 17.7. The molecule has 0 rings (SSSR count). The van der Waals surface area contributed by atoms with E-state index in [4.69, 9.17) is 9.84 Å². The Morgan fingerprint density at radius 3 is 1.43 bits per heavy atom. The minimum absolute atomic E-state index is 0.0358. The molecule has 40 heavy (non-hydrogen) atoms. The highest BCUT2D eigenvalue weighted by atomic mass is 16.5. The molecule has 0 aromatic heterocycles. The molecule has 1 unspecified atom stereocenters. The summed E-state index contributed by atoms with van der Waals surface area (Å²) in [5.41, 5.74) is 0. The fraction of sp³-hybridized carbons (Fsp3) is 0.889. The van der Waals surface area contributed by atoms with Gasteiger partial charge in [-0.05, 0) is 44.6 Å². The van der Waals surface area contributed by atoms with E-state index in [1.165, 1.54) is 109 Å². The number of allylic oxidation sites excluding steroid dienone is 1. The fourth-order valence-electron chi connectivity index (χ4n) is 5.33. The van der Waals surface area contributed by atoms with Crippen LogP contribution in [-0.4, -0.2) is 23.1 Å². The molecule has 0 radical (unpaired) electrons. The maximum Gasteiger partial charge on any atom is 0.306 e. The third-order valence-electron chi connectivity index (χ3n) is 7.97. The quantitative estimate of drug-likeness (QED) is 0.0501. The maximum absolute atomic E-state index is 12.6. The van der Waals surface area contributed by atoms with Gasteiger partial charge in [-0.3, -0.25) is 9.59 Å². The Labute approximate surface area is 249 Å². The van der Waals surface area contributed by atoms with Gasteiger partial charge < -0.3 is 9.84 Å². The molecule has 0 saturated heterocycles. The van der Waals surface area contributed by atoms with Crippen molar-refractivity contribution in [3.05, 3.63) is 12.2 Å². The SMILES string of the molecule is CCCCCCCCC/C=C\C(CCCCCCCCC(=O)O)OC(=O)CCCCCCCCCCCCCC. The number of aliphatic carboxylic acids is 1. The number of carboxylic acids is 1. The predicted molar refractivity (Wildman–Crippen MR) is 172 cm³/mol. The van der Waals surface area contributed by atoms with Crippen LogP contribution in [0.4, 0.5) is 0 Å². The van der Waals surface area contributed by atoms with Crippen LogP contribution in [0.1, 0.15) is 200 Å². The summed E-state index contributed by atoms with van der Waals surface area (Å²) in [4.78, 5) is 23.2. The molecule has 0 aliphatic carbocycles. The Bertz CT molecular complexity index is 571. The Morgan fingerprint density at radius 2 is 0.950 bits per heavy atom. The first kappa shape index (κ1) is 38.7. The molecule has 1 N–H and O–H groups in total. The van der Waals surface area contributed by atoms with E-state index in [-0.39, 0.29) is 18.5 Å². The zero-order valence-electron chi connectivity index (χ0n) is 26.9. The minimum atomic E-state index is -0.698. The van der Waals surface area contributed by atoms with Crippen molar-refractivity contribution in [2.45, 2.75) is 206 Å². The number of carboxylic acid groups (broad SMARTS) is 1. The maximum atomic E-state index is 12.6. The normalized spacial score (nSPS) is 12.2. The number of ether oxygens (including phenoxy) is 1. The van der Waals surface area contributed by atoms with E-state index in [2.05, 4.69) is 26.0 Å². The van der Waals surface area contributed by atoms with Gasteiger partial charge >= 0.3 is 11.9 Å². The Balaban J connectivity index is 4.10. The summed E-state index contributed by atoms with van der Waals surface area (Å²) < 4.78 is 5.90. The first-order chi connectivity index (χ1) is 19.6. The van der Waals surface area contributed by atoms with Crippen LogP contribution in [0.3, 0.4) is 0 Å². The van der Waals surface area contributed by atoms with E-state index >= 15 is 0 Å². The number of esters is 1. The van der Waals surface area contributed by atoms with Crippen LogP contribution in [0.5, 0.6) is 0 Å². The molecule has 0 aliphatic heterocycles. The molecule has 236 valence electrons. The number of unbranched alkanes of at least 4 members (excludes halogenated alkanes) is 23. The second-order valence-corrected chi connectivity index (χ2v) is 12.1. The Morgan fingerprint density at radius 1 is 0.550 bits per heavy atom. The van der Waals surface area contributed by atoms with E-state index < -0.39 is 5.97 Å². The zero-order chi connectivity index (χ0) is 29.4. The molecule has 0 aliphatic rings. The summed E-state index contributed by atoms with van der Waals surface area (Å²) in [5.74, 6) is -0.734. The summed E-state index contributed by atoms with van der Waals surface area (Å²) in [6.07, 6.45) is 38.0. The van der Waals surface area contributed by atoms with Gasteiger partial charge in [0.15, 0.2) is 0 Å². The standard InChI is InChI=1S/C36H68O4/c1-3-5-7-9-11-13-14-15-17-19-25-29-33-36(39)40-34(30-26-22-18-16-12-10-8-6-4-2)31-27-23-20-21-24-28-32-35(37)38/h26,30,34H,3-25,27-29,31-33H2,1-2H3,(H,37,38)/b30-26-. The van der Waals surface area contributed by atoms with Gasteiger partial charge in [0, 0.05) is 12.8 Å². The molecule has 0 aromatic carbocycles. The predicted octanol–water partition coefficient (Wildman–Crippen LogP) is 11.9. The second-order valence-electron chi connectivity index (χ2n) is 12.1. The van der Waals surface area contributed by atoms with Gasteiger partial charge in [-0.15, -0.1) is 0 Å². The molecule has 0 heterocycles. The van der Waals surface area contributed by atoms with Crippen molar-refractivity contribution < 1.29 is 19.4 Å². The lowest BCUT2D eigenvalue weighted by Gasteiger charge is -2.15. The third kappa shape index (κ3) is 31.2. The molecule has 0 aromatic rings. The van der Waals surface area contributed by atoms with Gasteiger partial charge in [0.25, 0.3) is 0 Å². The summed E-state index contributed by atoms with van der Waals surface area (Å²) in [5, 5.41) is 8.75. The highest BCUT2D eigenvalue weighted by Gasteiger charge is 2.11. The van der Waals surface area contributed by atoms with E-state index in [0.29, 0.717) is 6.42 Å². The van der Waals surface area contributed by atoms with Crippen molar-refractivity contribution in [1.29, 1.82) is 0 Å². The Kier molecular flexibility index (Phi) is 31.1. The lowest BCUT2D eigenvalue weighted by atomic mass is 10.0. The smallest absolute Gasteiger partial charge is 0.306 e. The molecule has 0 saturated carbocycles. The van der Waals surface area contributed by atoms with Crippen molar-refractivity contribution in [1.82, 2.24) is 0 Å². The number of hydrogen-bond donors (Lipinski definition) is 1. The molecular formula is C36H68O4. The first-order valence-electron chi connectivity index (χ1n) is 17.7. The van der Waals surface area contributed by atoms with E-state index in [0.717, 1.165) is 64.2 Å². The lowest BCUT2D eigenvalue weighted by Crippen LogP contribution is -2.16. The molecule has 0 amide bonds. The number of carbonyl (C=O) groups excluding carboxylic acids is 1. The molecule has 4 heteroatoms. The van der Waals surface area contributed by atoms with Crippen LogP contribution in [0, 0.1) is 0 Å². The van der Waals surface area contributed by atoms with Crippen LogP contribution in [-0.2, 0) is 14.3 Å². The molecule has 1 atom stereocenters. The molecule has 0 spiro atoms. The van der Waals surface area contributed by atoms with Crippen molar-refractivity contribution in [2.24, 2.45) is 0 Å². The minimum Gasteiger partial charge on any atom is -0.481 e. The summed E-state index contributed by atoms with van der Waals surface area (Å²) in [7, 11) is 0. The zero-order valence-corrected chi connectivity index (χ0v) is 26.9. The highest BCUT2D eigenvalue weighted by molar-refractivity contribution is 5.69. The second kappa shape index (κ2) is 32.2. The van der Waals surface area contributed by atoms with Crippen molar-refractivity contribution in [2.75, 3.05) is 0 Å². The average molecular weight is 565 g/mol. The van der Waals surface area contributed by atoms with Crippen LogP contribution in [0.25, 0.3) is 0 Å². The topological polar surface area (TPSA) is 63.6 Å². The van der Waals surface area contributed by atoms with E-state index in [1.54, 1.807) is 0 Å². The number of rotatable bonds is 32. The van der Waals surface area contributed by atoms with Gasteiger partial charge in [0.05, 0.1) is 0 Å². The van der Waals surface area contributed by atoms with Gasteiger partial charge in [0.2, 0.25) is 0 Å². The van der Waals surface area contributed by atoms with Crippen LogP contribution in [0.2, 0.25) is 0 Å². The summed E-state index contributed by atoms with van der Waals surface area (Å²) in [6.45, 7) is 4.53. The van der Waals surface area contributed by atoms with Crippen molar-refractivity contribution >= 4 is 11.9 Å². The monoisotopic (exact) mass is 565 g/mol. The molecule has 0 fully saturated rings. The Hall–Kier alpha value is -1.32. The number of carbonyl (C=O) groups is 2. The number of hydrogen-bond acceptors (Lipinski definition) is 3. The van der Waals surface area contributed by atoms with Crippen LogP contribution < -0.4 is 0 Å². The van der Waals surface area contributed by atoms with Crippen molar-refractivity contribution in [3.63, 3.8) is 0 Å². The molecular weight excluding hydrogens is 496 g/mol. The lowest BCUT2D eigenvalue weighted by molar-refractivity contribution is -0.147.